The number of methoxy groups -OCH3 is 1. The molecule has 0 saturated carbocycles. The van der Waals surface area contributed by atoms with Crippen molar-refractivity contribution in [2.24, 2.45) is 0 Å². The summed E-state index contributed by atoms with van der Waals surface area (Å²) in [6.07, 6.45) is 0.160. The van der Waals surface area contributed by atoms with Gasteiger partial charge < -0.3 is 14.6 Å². The van der Waals surface area contributed by atoms with Gasteiger partial charge in [-0.25, -0.2) is 0 Å². The molecule has 3 rings (SSSR count). The fourth-order valence-corrected chi connectivity index (χ4v) is 2.31. The van der Waals surface area contributed by atoms with Crippen LogP contribution in [0, 0.1) is 11.8 Å². The lowest BCUT2D eigenvalue weighted by atomic mass is 10.1. The molecule has 0 aliphatic carbocycles. The number of fused-ring (bicyclic) bond motifs is 1. The van der Waals surface area contributed by atoms with Crippen LogP contribution in [-0.2, 0) is 11.2 Å². The summed E-state index contributed by atoms with van der Waals surface area (Å²) in [7, 11) is 1.60. The molecule has 0 aliphatic heterocycles. The van der Waals surface area contributed by atoms with E-state index in [1.54, 1.807) is 7.11 Å². The number of nitrogens with one attached hydrogen (secondary N) is 1. The highest BCUT2D eigenvalue weighted by atomic mass is 16.5. The van der Waals surface area contributed by atoms with E-state index in [4.69, 9.17) is 9.26 Å². The average molecular weight is 320 g/mol. The molecule has 0 unspecified atom stereocenters. The minimum Gasteiger partial charge on any atom is -0.495 e. The smallest absolute Gasteiger partial charge is 0.226 e. The minimum absolute atomic E-state index is 0.150. The largest absolute Gasteiger partial charge is 0.495 e. The molecule has 0 spiro atoms. The number of carbonyl (C=O) groups is 1. The molecule has 0 fully saturated rings. The molecule has 0 atom stereocenters. The van der Waals surface area contributed by atoms with Crippen molar-refractivity contribution in [3.8, 4) is 17.6 Å². The average Bonchev–Trinajstić information content (AvgIpc) is 3.02. The van der Waals surface area contributed by atoms with Gasteiger partial charge in [0.15, 0.2) is 5.58 Å². The normalized spacial score (nSPS) is 10.0. The third-order valence-corrected chi connectivity index (χ3v) is 3.48. The van der Waals surface area contributed by atoms with Gasteiger partial charge in [0.1, 0.15) is 11.4 Å². The minimum atomic E-state index is -0.150. The van der Waals surface area contributed by atoms with Crippen LogP contribution in [0.5, 0.6) is 5.75 Å². The standard InChI is InChI=1S/C19H16N2O3/c1-23-17-10-4-2-7-14(17)8-6-12-20-19(22)13-16-15-9-3-5-11-18(15)24-21-16/h2-5,7,9-11H,12-13H2,1H3,(H,20,22). The molecule has 0 radical (unpaired) electrons. The van der Waals surface area contributed by atoms with E-state index in [0.717, 1.165) is 10.9 Å². The second-order valence-electron chi connectivity index (χ2n) is 5.08. The first-order valence-electron chi connectivity index (χ1n) is 7.50. The van der Waals surface area contributed by atoms with Gasteiger partial charge in [-0.1, -0.05) is 41.3 Å². The summed E-state index contributed by atoms with van der Waals surface area (Å²) < 4.78 is 10.4. The third-order valence-electron chi connectivity index (χ3n) is 3.48. The Balaban J connectivity index is 1.58. The first-order valence-corrected chi connectivity index (χ1v) is 7.50. The molecule has 5 nitrogen and oxygen atoms in total. The van der Waals surface area contributed by atoms with Crippen LogP contribution in [-0.4, -0.2) is 24.7 Å². The quantitative estimate of drug-likeness (QED) is 0.750. The Hall–Kier alpha value is -3.26. The lowest BCUT2D eigenvalue weighted by molar-refractivity contribution is -0.120. The maximum absolute atomic E-state index is 12.0. The van der Waals surface area contributed by atoms with E-state index in [2.05, 4.69) is 22.3 Å². The van der Waals surface area contributed by atoms with Crippen molar-refractivity contribution in [2.45, 2.75) is 6.42 Å². The van der Waals surface area contributed by atoms with E-state index in [0.29, 0.717) is 17.0 Å². The van der Waals surface area contributed by atoms with Crippen molar-refractivity contribution in [3.63, 3.8) is 0 Å². The highest BCUT2D eigenvalue weighted by molar-refractivity contribution is 5.86. The number of aromatic nitrogens is 1. The van der Waals surface area contributed by atoms with Crippen molar-refractivity contribution in [1.82, 2.24) is 10.5 Å². The van der Waals surface area contributed by atoms with Gasteiger partial charge in [0.25, 0.3) is 0 Å². The molecule has 120 valence electrons. The van der Waals surface area contributed by atoms with Crippen LogP contribution in [0.4, 0.5) is 0 Å². The molecule has 0 bridgehead atoms. The molecule has 24 heavy (non-hydrogen) atoms. The highest BCUT2D eigenvalue weighted by Crippen LogP contribution is 2.18. The van der Waals surface area contributed by atoms with E-state index < -0.39 is 0 Å². The predicted molar refractivity (Wildman–Crippen MR) is 90.6 cm³/mol. The Labute approximate surface area is 139 Å². The Morgan fingerprint density at radius 3 is 2.88 bits per heavy atom. The number of ether oxygens (including phenoxy) is 1. The zero-order valence-electron chi connectivity index (χ0n) is 13.2. The summed E-state index contributed by atoms with van der Waals surface area (Å²) in [6.45, 7) is 0.257. The number of carbonyl (C=O) groups excluding carboxylic acids is 1. The molecule has 0 aliphatic rings. The van der Waals surface area contributed by atoms with Gasteiger partial charge in [-0.3, -0.25) is 4.79 Å². The predicted octanol–water partition coefficient (Wildman–Crippen LogP) is 2.55. The molecular weight excluding hydrogens is 304 g/mol. The zero-order valence-corrected chi connectivity index (χ0v) is 13.2. The first-order chi connectivity index (χ1) is 11.8. The summed E-state index contributed by atoms with van der Waals surface area (Å²) in [6, 6.07) is 14.9. The maximum Gasteiger partial charge on any atom is 0.226 e. The lowest BCUT2D eigenvalue weighted by Gasteiger charge is -2.01. The zero-order chi connectivity index (χ0) is 16.8. The molecule has 5 heteroatoms. The lowest BCUT2D eigenvalue weighted by Crippen LogP contribution is -2.25. The number of hydrogen-bond donors (Lipinski definition) is 1. The van der Waals surface area contributed by atoms with Gasteiger partial charge in [-0.2, -0.15) is 0 Å². The van der Waals surface area contributed by atoms with Gasteiger partial charge in [-0.15, -0.1) is 0 Å². The molecule has 2 aromatic carbocycles. The van der Waals surface area contributed by atoms with Crippen molar-refractivity contribution < 1.29 is 14.1 Å². The van der Waals surface area contributed by atoms with Crippen molar-refractivity contribution in [2.75, 3.05) is 13.7 Å². The number of benzene rings is 2. The molecule has 1 N–H and O–H groups in total. The van der Waals surface area contributed by atoms with Crippen molar-refractivity contribution in [1.29, 1.82) is 0 Å². The summed E-state index contributed by atoms with van der Waals surface area (Å²) in [5.74, 6) is 6.47. The Morgan fingerprint density at radius 1 is 1.21 bits per heavy atom. The summed E-state index contributed by atoms with van der Waals surface area (Å²) in [4.78, 5) is 12.0. The van der Waals surface area contributed by atoms with Gasteiger partial charge in [0.2, 0.25) is 5.91 Å². The Morgan fingerprint density at radius 2 is 2.00 bits per heavy atom. The molecule has 1 heterocycles. The molecule has 1 amide bonds. The highest BCUT2D eigenvalue weighted by Gasteiger charge is 2.11. The van der Waals surface area contributed by atoms with E-state index >= 15 is 0 Å². The second-order valence-corrected chi connectivity index (χ2v) is 5.08. The molecule has 0 saturated heterocycles. The second kappa shape index (κ2) is 7.34. The topological polar surface area (TPSA) is 64.4 Å². The fourth-order valence-electron chi connectivity index (χ4n) is 2.31. The van der Waals surface area contributed by atoms with E-state index in [-0.39, 0.29) is 18.9 Å². The SMILES string of the molecule is COc1ccccc1C#CCNC(=O)Cc1noc2ccccc12. The number of amides is 1. The molecule has 1 aromatic heterocycles. The van der Waals surface area contributed by atoms with Gasteiger partial charge in [-0.05, 0) is 24.3 Å². The number of hydrogen-bond acceptors (Lipinski definition) is 4. The summed E-state index contributed by atoms with van der Waals surface area (Å²) >= 11 is 0. The fraction of sp³-hybridized carbons (Fsp3) is 0.158. The van der Waals surface area contributed by atoms with E-state index in [1.165, 1.54) is 0 Å². The molecule has 3 aromatic rings. The van der Waals surface area contributed by atoms with E-state index in [1.807, 2.05) is 48.5 Å². The maximum atomic E-state index is 12.0. The number of rotatable bonds is 4. The van der Waals surface area contributed by atoms with Crippen LogP contribution in [0.25, 0.3) is 11.0 Å². The van der Waals surface area contributed by atoms with Crippen LogP contribution in [0.3, 0.4) is 0 Å². The van der Waals surface area contributed by atoms with Crippen LogP contribution < -0.4 is 10.1 Å². The van der Waals surface area contributed by atoms with Crippen molar-refractivity contribution >= 4 is 16.9 Å². The first kappa shape index (κ1) is 15.6. The molecular formula is C19H16N2O3. The monoisotopic (exact) mass is 320 g/mol. The van der Waals surface area contributed by atoms with Crippen LogP contribution in [0.1, 0.15) is 11.3 Å². The third kappa shape index (κ3) is 3.55. The van der Waals surface area contributed by atoms with Crippen LogP contribution in [0.15, 0.2) is 53.1 Å². The Kier molecular flexibility index (Phi) is 4.78. The Bertz CT molecular complexity index is 919. The van der Waals surface area contributed by atoms with E-state index in [9.17, 15) is 4.79 Å². The van der Waals surface area contributed by atoms with Crippen molar-refractivity contribution in [3.05, 3.63) is 59.8 Å². The number of para-hydroxylation sites is 2. The summed E-state index contributed by atoms with van der Waals surface area (Å²) in [5.41, 5.74) is 2.09. The van der Waals surface area contributed by atoms with Gasteiger partial charge in [0.05, 0.1) is 25.6 Å². The van der Waals surface area contributed by atoms with Gasteiger partial charge >= 0.3 is 0 Å². The van der Waals surface area contributed by atoms with Crippen LogP contribution >= 0.6 is 0 Å². The van der Waals surface area contributed by atoms with Crippen LogP contribution in [0.2, 0.25) is 0 Å². The summed E-state index contributed by atoms with van der Waals surface area (Å²) in [5, 5.41) is 7.56. The number of nitrogens with zero attached hydrogens (tertiary/aromatic N) is 1. The van der Waals surface area contributed by atoms with Gasteiger partial charge in [0, 0.05) is 5.39 Å².